The molecule has 38 nitrogen and oxygen atoms in total. The number of aliphatic hydroxyl groups excluding tert-OH is 2. The molecular weight excluding hydrogens is 1750 g/mol. The van der Waals surface area contributed by atoms with Crippen molar-refractivity contribution in [2.45, 2.75) is 129 Å². The van der Waals surface area contributed by atoms with E-state index in [0.29, 0.717) is 64.9 Å². The van der Waals surface area contributed by atoms with Gasteiger partial charge in [-0.25, -0.2) is 74.0 Å². The van der Waals surface area contributed by atoms with E-state index in [-0.39, 0.29) is 79.0 Å². The summed E-state index contributed by atoms with van der Waals surface area (Å²) in [5, 5.41) is 34.8. The van der Waals surface area contributed by atoms with Crippen molar-refractivity contribution in [3.05, 3.63) is 236 Å². The Bertz CT molecular complexity index is 6900. The van der Waals surface area contributed by atoms with Gasteiger partial charge in [0, 0.05) is 191 Å². The standard InChI is InChI=1S/C27H31N7O2.C25H25N9O.C25H28N6O3.C23H20N8O2/c1-17-12-20(6-9-28-17)23-4-5-24-26(30-23)34(22-8-11-32(24)16-22)27(35)31-25-13-21(7-10-29-25)33-14-18(2)36-19(3)15-33;1-15-12-17(6-9-26-15)20-4-5-22-23(28-20)34(18-8-11-33(22)13-18)25(35)30-24-27-10-7-21(29-24)19-14-32(3)31-16(19)2;1-16-12-18(7-10-26-16)21-4-5-22-24(28-21)31(19-8-11-30(22)14-19)25(34)29-23-13-17(6-9-27-23)2-3-20(33)15-32;1-14-10-15(4-7-25-14)17-2-3-19-21(27-17)31(16-6-9-30(19)12-16)23(32)29-22-26-8-5-18(28-22)20-11-24-13-33-20/h4-7,9-10,12-13,18-19,22H,8,11,14-16H2,1-3H3,(H,29,31,35);4-7,9-10,12,14,18H,8,11,13H2,1-3H3,(H,27,29,30,35);4-7,9-10,12-13,19-20,32-33H,2-3,8,11,14-15H2,1H3,(H,27,29,34);2-5,7-8,10-11,13,16H,6,9,12H2,1H3,(H,26,28,29,32)/t18-,19+,22-;18-;19-,20+;16-/m0000/s1. The summed E-state index contributed by atoms with van der Waals surface area (Å²) in [4.78, 5) is 140. The van der Waals surface area contributed by atoms with Crippen LogP contribution in [0.5, 0.6) is 0 Å². The molecule has 9 aliphatic heterocycles. The number of morpholine rings is 1. The molecule has 7 atom stereocenters. The highest BCUT2D eigenvalue weighted by atomic mass is 16.5. The van der Waals surface area contributed by atoms with Crippen LogP contribution < -0.4 is 65.4 Å². The quantitative estimate of drug-likeness (QED) is 0.0555. The molecule has 5 saturated heterocycles. The van der Waals surface area contributed by atoms with Crippen LogP contribution in [0.25, 0.3) is 67.7 Å². The summed E-state index contributed by atoms with van der Waals surface area (Å²) in [5.41, 5.74) is 19.6. The fourth-order valence-corrected chi connectivity index (χ4v) is 19.5. The summed E-state index contributed by atoms with van der Waals surface area (Å²) in [5.74, 6) is 4.57. The minimum Gasteiger partial charge on any atom is -0.442 e. The number of hydrogen-bond donors (Lipinski definition) is 6. The van der Waals surface area contributed by atoms with Crippen LogP contribution in [-0.2, 0) is 18.2 Å². The van der Waals surface area contributed by atoms with E-state index in [2.05, 4.69) is 132 Å². The van der Waals surface area contributed by atoms with Crippen LogP contribution in [0.3, 0.4) is 0 Å². The first-order valence-electron chi connectivity index (χ1n) is 46.4. The van der Waals surface area contributed by atoms with E-state index in [4.69, 9.17) is 34.2 Å². The third-order valence-corrected chi connectivity index (χ3v) is 26.0. The van der Waals surface area contributed by atoms with Crippen LogP contribution in [0.1, 0.15) is 80.0 Å². The highest BCUT2D eigenvalue weighted by molar-refractivity contribution is 6.08. The molecule has 0 unspecified atom stereocenters. The van der Waals surface area contributed by atoms with E-state index < -0.39 is 6.10 Å². The number of carbonyl (C=O) groups is 4. The number of oxazole rings is 1. The molecule has 6 N–H and O–H groups in total. The Morgan fingerprint density at radius 1 is 0.420 bits per heavy atom. The lowest BCUT2D eigenvalue weighted by atomic mass is 10.1. The third kappa shape index (κ3) is 19.1. The van der Waals surface area contributed by atoms with E-state index in [9.17, 15) is 24.3 Å². The van der Waals surface area contributed by atoms with Crippen molar-refractivity contribution in [1.82, 2.24) is 84.5 Å². The first-order valence-corrected chi connectivity index (χ1v) is 46.4. The number of rotatable bonds is 15. The second-order valence-corrected chi connectivity index (χ2v) is 35.8. The number of amides is 8. The summed E-state index contributed by atoms with van der Waals surface area (Å²) < 4.78 is 12.9. The van der Waals surface area contributed by atoms with Gasteiger partial charge in [0.1, 0.15) is 17.3 Å². The van der Waals surface area contributed by atoms with Crippen molar-refractivity contribution in [2.24, 2.45) is 7.05 Å². The minimum absolute atomic E-state index is 0.0249. The van der Waals surface area contributed by atoms with E-state index >= 15 is 0 Å². The highest BCUT2D eigenvalue weighted by Crippen LogP contribution is 2.46. The number of aryl methyl sites for hydroxylation is 7. The number of nitrogens with zero attached hydrogens (tertiary/aromatic N) is 26. The van der Waals surface area contributed by atoms with Crippen LogP contribution in [-0.4, -0.2) is 233 Å². The zero-order chi connectivity index (χ0) is 94.9. The maximum atomic E-state index is 13.7. The Kier molecular flexibility index (Phi) is 25.3. The molecule has 9 aliphatic rings. The van der Waals surface area contributed by atoms with Crippen molar-refractivity contribution in [3.8, 4) is 67.7 Å². The molecule has 23 rings (SSSR count). The molecule has 5 fully saturated rings. The predicted molar refractivity (Wildman–Crippen MR) is 526 cm³/mol. The number of ether oxygens (including phenoxy) is 1. The number of urea groups is 4. The van der Waals surface area contributed by atoms with Gasteiger partial charge in [-0.2, -0.15) is 5.10 Å². The van der Waals surface area contributed by atoms with Crippen molar-refractivity contribution in [1.29, 1.82) is 0 Å². The lowest BCUT2D eigenvalue weighted by Crippen LogP contribution is -2.48. The predicted octanol–water partition coefficient (Wildman–Crippen LogP) is 14.0. The fourth-order valence-electron chi connectivity index (χ4n) is 19.5. The van der Waals surface area contributed by atoms with Gasteiger partial charge in [0.05, 0.1) is 112 Å². The average molecular weight is 1850 g/mol. The lowest BCUT2D eigenvalue weighted by molar-refractivity contribution is -0.00522. The van der Waals surface area contributed by atoms with Gasteiger partial charge in [0.15, 0.2) is 35.4 Å². The Morgan fingerprint density at radius 3 is 1.20 bits per heavy atom. The van der Waals surface area contributed by atoms with Crippen molar-refractivity contribution >= 4 is 99.4 Å². The SMILES string of the molecule is Cc1cc(-c2ccc3c(n2)N(C(=O)Nc2cc(CC[C@@H](O)CO)ccn2)[C@H]2CCN3C2)ccn1.Cc1cc(-c2ccc3c(n2)N(C(=O)Nc2cc(N4C[C@@H](C)O[C@@H](C)C4)ccn2)[C@H]2CCN3C2)ccn1.Cc1cc(-c2ccc3c(n2)N(C(=O)Nc2nccc(-c4cn(C)nc4C)n2)[C@H]2CCN3C2)ccn1.Cc1cc(-c2ccc3c(n2)N(C(=O)Nc2nccc(-c4cnco4)n2)[C@H]2CCN3C2)ccn1. The molecule has 0 aromatic carbocycles. The van der Waals surface area contributed by atoms with Gasteiger partial charge < -0.3 is 43.9 Å². The molecule has 702 valence electrons. The van der Waals surface area contributed by atoms with Gasteiger partial charge in [0.25, 0.3) is 0 Å². The van der Waals surface area contributed by atoms with Gasteiger partial charge in [-0.1, -0.05) is 0 Å². The number of aromatic nitrogens is 17. The van der Waals surface area contributed by atoms with Crippen molar-refractivity contribution in [2.75, 3.05) is 137 Å². The van der Waals surface area contributed by atoms with E-state index in [1.54, 1.807) is 87.3 Å². The Morgan fingerprint density at radius 2 is 0.804 bits per heavy atom. The summed E-state index contributed by atoms with van der Waals surface area (Å²) in [7, 11) is 1.87. The number of fused-ring (bicyclic) bond motifs is 16. The van der Waals surface area contributed by atoms with Crippen LogP contribution >= 0.6 is 0 Å². The maximum absolute atomic E-state index is 13.7. The Labute approximate surface area is 795 Å². The number of nitrogens with one attached hydrogen (secondary N) is 4. The normalized spacial score (nSPS) is 18.4. The topological polar surface area (TPSA) is 420 Å². The number of carbonyl (C=O) groups excluding carboxylic acids is 4. The van der Waals surface area contributed by atoms with Gasteiger partial charge in [0.2, 0.25) is 11.9 Å². The molecule has 0 aliphatic carbocycles. The maximum Gasteiger partial charge on any atom is 0.330 e. The molecule has 0 spiro atoms. The van der Waals surface area contributed by atoms with Crippen LogP contribution in [0.4, 0.5) is 94.4 Å². The molecule has 8 amide bonds. The molecule has 14 aromatic rings. The number of aliphatic hydroxyl groups is 2. The average Bonchev–Trinajstić information content (AvgIpc) is 1.58. The highest BCUT2D eigenvalue weighted by Gasteiger charge is 2.46. The Balaban J connectivity index is 0.000000113. The number of hydrogen-bond acceptors (Lipinski definition) is 29. The molecule has 14 aromatic heterocycles. The van der Waals surface area contributed by atoms with Crippen LogP contribution in [0.2, 0.25) is 0 Å². The summed E-state index contributed by atoms with van der Waals surface area (Å²) in [6.45, 7) is 22.0. The smallest absolute Gasteiger partial charge is 0.330 e. The van der Waals surface area contributed by atoms with Crippen molar-refractivity contribution < 1.29 is 38.5 Å². The van der Waals surface area contributed by atoms with E-state index in [1.807, 2.05) is 162 Å². The van der Waals surface area contributed by atoms with E-state index in [0.717, 1.165) is 204 Å². The van der Waals surface area contributed by atoms with Gasteiger partial charge >= 0.3 is 24.1 Å². The van der Waals surface area contributed by atoms with Gasteiger partial charge in [-0.3, -0.25) is 65.5 Å². The fraction of sp³-hybridized carbons (Fsp3) is 0.320. The lowest BCUT2D eigenvalue weighted by Gasteiger charge is -2.37. The second-order valence-electron chi connectivity index (χ2n) is 35.8. The van der Waals surface area contributed by atoms with E-state index in [1.165, 1.54) is 6.39 Å². The summed E-state index contributed by atoms with van der Waals surface area (Å²) in [6.07, 6.45) is 22.6. The minimum atomic E-state index is -0.758. The van der Waals surface area contributed by atoms with Crippen LogP contribution in [0.15, 0.2) is 206 Å². The number of anilines is 13. The molecule has 23 heterocycles. The molecule has 0 saturated carbocycles. The second kappa shape index (κ2) is 38.8. The first-order chi connectivity index (χ1) is 67.1. The van der Waals surface area contributed by atoms with Gasteiger partial charge in [-0.05, 0) is 220 Å². The zero-order valence-corrected chi connectivity index (χ0v) is 77.6. The Hall–Kier alpha value is -16.0. The molecule has 0 radical (unpaired) electrons. The summed E-state index contributed by atoms with van der Waals surface area (Å²) in [6, 6.07) is 42.1. The molecular formula is C100H104N30O8. The van der Waals surface area contributed by atoms with Crippen LogP contribution in [0, 0.1) is 34.6 Å². The molecule has 138 heavy (non-hydrogen) atoms. The van der Waals surface area contributed by atoms with Gasteiger partial charge in [-0.15, -0.1) is 0 Å². The molecule has 38 heteroatoms. The van der Waals surface area contributed by atoms with Crippen molar-refractivity contribution in [3.63, 3.8) is 0 Å². The molecule has 8 bridgehead atoms. The first kappa shape index (κ1) is 89.9. The monoisotopic (exact) mass is 1850 g/mol. The zero-order valence-electron chi connectivity index (χ0n) is 77.6. The largest absolute Gasteiger partial charge is 0.442 e. The summed E-state index contributed by atoms with van der Waals surface area (Å²) >= 11 is 0. The third-order valence-electron chi connectivity index (χ3n) is 26.0. The number of pyridine rings is 10.